The molecule has 9 N–H and O–H groups in total. The molecule has 4 atom stereocenters. The van der Waals surface area contributed by atoms with Crippen LogP contribution in [-0.4, -0.2) is 82.1 Å². The molecule has 0 saturated heterocycles. The summed E-state index contributed by atoms with van der Waals surface area (Å²) in [5, 5.41) is 24.7. The Morgan fingerprint density at radius 2 is 1.33 bits per heavy atom. The summed E-state index contributed by atoms with van der Waals surface area (Å²) in [6.07, 6.45) is 0.506. The van der Waals surface area contributed by atoms with Gasteiger partial charge in [0.1, 0.15) is 18.1 Å². The van der Waals surface area contributed by atoms with Crippen molar-refractivity contribution in [2.75, 3.05) is 18.1 Å². The van der Waals surface area contributed by atoms with E-state index in [4.69, 9.17) is 21.7 Å². The van der Waals surface area contributed by atoms with Crippen LogP contribution in [0.15, 0.2) is 0 Å². The highest BCUT2D eigenvalue weighted by atomic mass is 32.1. The second-order valence-corrected chi connectivity index (χ2v) is 7.11. The zero-order valence-corrected chi connectivity index (χ0v) is 18.0. The minimum absolute atomic E-state index is 0.0603. The lowest BCUT2D eigenvalue weighted by atomic mass is 10.1. The Kier molecular flexibility index (Phi) is 13.9. The lowest BCUT2D eigenvalue weighted by Crippen LogP contribution is -2.58. The average molecular weight is 468 g/mol. The fraction of sp³-hybridized carbons (Fsp3) is 0.688. The average Bonchev–Trinajstić information content (AvgIpc) is 2.69. The second kappa shape index (κ2) is 14.9. The molecule has 3 amide bonds. The molecule has 12 nitrogen and oxygen atoms in total. The fourth-order valence-electron chi connectivity index (χ4n) is 2.24. The van der Waals surface area contributed by atoms with Gasteiger partial charge in [-0.2, -0.15) is 25.3 Å². The molecular formula is C16H29N5O7S2. The van der Waals surface area contributed by atoms with Crippen LogP contribution in [0.4, 0.5) is 0 Å². The van der Waals surface area contributed by atoms with Crippen molar-refractivity contribution in [3.8, 4) is 0 Å². The smallest absolute Gasteiger partial charge is 0.326 e. The van der Waals surface area contributed by atoms with Gasteiger partial charge in [-0.3, -0.25) is 19.2 Å². The molecule has 0 aromatic carbocycles. The van der Waals surface area contributed by atoms with Gasteiger partial charge >= 0.3 is 11.9 Å². The molecule has 0 saturated carbocycles. The number of aliphatic carboxylic acids is 2. The first-order valence-electron chi connectivity index (χ1n) is 9.10. The van der Waals surface area contributed by atoms with Gasteiger partial charge in [-0.25, -0.2) is 4.79 Å². The molecule has 0 radical (unpaired) electrons. The molecule has 0 rings (SSSR count). The summed E-state index contributed by atoms with van der Waals surface area (Å²) in [6, 6.07) is -4.89. The molecule has 0 aliphatic carbocycles. The molecule has 0 bridgehead atoms. The van der Waals surface area contributed by atoms with Crippen molar-refractivity contribution in [3.05, 3.63) is 0 Å². The van der Waals surface area contributed by atoms with Gasteiger partial charge in [0.2, 0.25) is 17.7 Å². The summed E-state index contributed by atoms with van der Waals surface area (Å²) in [5.74, 6) is -5.32. The molecule has 172 valence electrons. The minimum Gasteiger partial charge on any atom is -0.481 e. The molecule has 30 heavy (non-hydrogen) atoms. The van der Waals surface area contributed by atoms with Crippen LogP contribution in [0.2, 0.25) is 0 Å². The third-order valence-corrected chi connectivity index (χ3v) is 4.68. The van der Waals surface area contributed by atoms with Gasteiger partial charge in [0.25, 0.3) is 0 Å². The van der Waals surface area contributed by atoms with Crippen molar-refractivity contribution in [1.29, 1.82) is 0 Å². The standard InChI is InChI=1S/C16H29N5O7S2/c17-4-2-1-3-9(19-13(24)8(18)6-29)14(25)21-11(7-30)15(26)20-10(16(27)28)5-12(22)23/h8-11,29-30H,1-7,17-18H2,(H,19,24)(H,20,26)(H,21,25)(H,22,23)(H,27,28). The topological polar surface area (TPSA) is 214 Å². The van der Waals surface area contributed by atoms with Gasteiger partial charge in [-0.05, 0) is 25.8 Å². The zero-order valence-electron chi connectivity index (χ0n) is 16.2. The molecule has 4 unspecified atom stereocenters. The lowest BCUT2D eigenvalue weighted by Gasteiger charge is -2.24. The van der Waals surface area contributed by atoms with E-state index in [2.05, 4.69) is 35.9 Å². The molecular weight excluding hydrogens is 438 g/mol. The molecule has 0 heterocycles. The zero-order chi connectivity index (χ0) is 23.3. The van der Waals surface area contributed by atoms with Crippen molar-refractivity contribution < 1.29 is 34.2 Å². The third kappa shape index (κ3) is 10.7. The number of carboxylic acids is 2. The summed E-state index contributed by atoms with van der Waals surface area (Å²) in [7, 11) is 0. The predicted octanol–water partition coefficient (Wildman–Crippen LogP) is -2.68. The molecule has 0 aliphatic rings. The van der Waals surface area contributed by atoms with Gasteiger partial charge in [0.15, 0.2) is 0 Å². The Morgan fingerprint density at radius 1 is 0.800 bits per heavy atom. The predicted molar refractivity (Wildman–Crippen MR) is 114 cm³/mol. The number of rotatable bonds is 15. The Balaban J connectivity index is 5.19. The maximum atomic E-state index is 12.6. The van der Waals surface area contributed by atoms with Crippen molar-refractivity contribution in [2.24, 2.45) is 11.5 Å². The van der Waals surface area contributed by atoms with Crippen LogP contribution in [0.3, 0.4) is 0 Å². The van der Waals surface area contributed by atoms with E-state index in [0.29, 0.717) is 19.4 Å². The van der Waals surface area contributed by atoms with Gasteiger partial charge in [0.05, 0.1) is 12.5 Å². The maximum Gasteiger partial charge on any atom is 0.326 e. The summed E-state index contributed by atoms with van der Waals surface area (Å²) in [6.45, 7) is 0.389. The molecule has 0 fully saturated rings. The van der Waals surface area contributed by atoms with Gasteiger partial charge < -0.3 is 37.6 Å². The monoisotopic (exact) mass is 467 g/mol. The van der Waals surface area contributed by atoms with Gasteiger partial charge in [-0.1, -0.05) is 0 Å². The first kappa shape index (κ1) is 28.0. The van der Waals surface area contributed by atoms with Crippen LogP contribution in [0, 0.1) is 0 Å². The van der Waals surface area contributed by atoms with Crippen LogP contribution in [-0.2, 0) is 24.0 Å². The van der Waals surface area contributed by atoms with Crippen molar-refractivity contribution in [2.45, 2.75) is 49.9 Å². The Hall–Kier alpha value is -2.03. The SMILES string of the molecule is NCCCCC(NC(=O)C(N)CS)C(=O)NC(CS)C(=O)NC(CC(=O)O)C(=O)O. The van der Waals surface area contributed by atoms with Crippen LogP contribution in [0.1, 0.15) is 25.7 Å². The van der Waals surface area contributed by atoms with Crippen LogP contribution >= 0.6 is 25.3 Å². The second-order valence-electron chi connectivity index (χ2n) is 6.38. The molecule has 14 heteroatoms. The minimum atomic E-state index is -1.68. The first-order valence-corrected chi connectivity index (χ1v) is 10.4. The summed E-state index contributed by atoms with van der Waals surface area (Å²) >= 11 is 7.90. The number of unbranched alkanes of at least 4 members (excludes halogenated alkanes) is 1. The highest BCUT2D eigenvalue weighted by Crippen LogP contribution is 2.04. The Labute approximate surface area is 184 Å². The van der Waals surface area contributed by atoms with E-state index in [0.717, 1.165) is 0 Å². The van der Waals surface area contributed by atoms with Crippen LogP contribution in [0.5, 0.6) is 0 Å². The molecule has 0 spiro atoms. The number of hydrogen-bond donors (Lipinski definition) is 9. The highest BCUT2D eigenvalue weighted by molar-refractivity contribution is 7.80. The number of carbonyl (C=O) groups excluding carboxylic acids is 3. The van der Waals surface area contributed by atoms with Crippen LogP contribution in [0.25, 0.3) is 0 Å². The van der Waals surface area contributed by atoms with Crippen molar-refractivity contribution >= 4 is 54.9 Å². The van der Waals surface area contributed by atoms with E-state index in [9.17, 15) is 24.0 Å². The van der Waals surface area contributed by atoms with Crippen LogP contribution < -0.4 is 27.4 Å². The van der Waals surface area contributed by atoms with E-state index in [1.54, 1.807) is 0 Å². The number of carbonyl (C=O) groups is 5. The fourth-order valence-corrected chi connectivity index (χ4v) is 2.66. The number of nitrogens with one attached hydrogen (secondary N) is 3. The first-order chi connectivity index (χ1) is 14.1. The van der Waals surface area contributed by atoms with E-state index in [1.165, 1.54) is 0 Å². The summed E-state index contributed by atoms with van der Waals surface area (Å²) in [5.41, 5.74) is 11.0. The normalized spacial score (nSPS) is 14.7. The number of hydrogen-bond acceptors (Lipinski definition) is 9. The third-order valence-electron chi connectivity index (χ3n) is 3.92. The number of amides is 3. The maximum absolute atomic E-state index is 12.6. The highest BCUT2D eigenvalue weighted by Gasteiger charge is 2.30. The lowest BCUT2D eigenvalue weighted by molar-refractivity contribution is -0.147. The van der Waals surface area contributed by atoms with E-state index >= 15 is 0 Å². The van der Waals surface area contributed by atoms with Gasteiger partial charge in [0, 0.05) is 11.5 Å². The molecule has 0 aromatic heterocycles. The van der Waals surface area contributed by atoms with Gasteiger partial charge in [-0.15, -0.1) is 0 Å². The Morgan fingerprint density at radius 3 is 1.80 bits per heavy atom. The van der Waals surface area contributed by atoms with E-state index in [1.807, 2.05) is 5.32 Å². The summed E-state index contributed by atoms with van der Waals surface area (Å²) in [4.78, 5) is 58.8. The molecule has 0 aliphatic heterocycles. The largest absolute Gasteiger partial charge is 0.481 e. The number of nitrogens with two attached hydrogens (primary N) is 2. The van der Waals surface area contributed by atoms with E-state index < -0.39 is 60.2 Å². The van der Waals surface area contributed by atoms with Crippen molar-refractivity contribution in [1.82, 2.24) is 16.0 Å². The number of carboxylic acid groups (broad SMARTS) is 2. The summed E-state index contributed by atoms with van der Waals surface area (Å²) < 4.78 is 0. The Bertz CT molecular complexity index is 623. The number of thiol groups is 2. The van der Waals surface area contributed by atoms with E-state index in [-0.39, 0.29) is 17.9 Å². The molecule has 0 aromatic rings. The van der Waals surface area contributed by atoms with Crippen molar-refractivity contribution in [3.63, 3.8) is 0 Å². The quantitative estimate of drug-likeness (QED) is 0.0904.